The van der Waals surface area contributed by atoms with Crippen molar-refractivity contribution in [3.63, 3.8) is 0 Å². The fraction of sp³-hybridized carbons (Fsp3) is 0.222. The third-order valence-corrected chi connectivity index (χ3v) is 1.83. The van der Waals surface area contributed by atoms with E-state index in [1.165, 1.54) is 0 Å². The van der Waals surface area contributed by atoms with Crippen LogP contribution in [0.15, 0.2) is 6.20 Å². The summed E-state index contributed by atoms with van der Waals surface area (Å²) in [6.45, 7) is 0. The molecule has 0 spiro atoms. The first kappa shape index (κ1) is 10.9. The maximum Gasteiger partial charge on any atom is 0.267 e. The van der Waals surface area contributed by atoms with Gasteiger partial charge in [0, 0.05) is 6.20 Å². The van der Waals surface area contributed by atoms with Crippen molar-refractivity contribution in [2.75, 3.05) is 5.73 Å². The highest BCUT2D eigenvalue weighted by Crippen LogP contribution is 2.29. The Kier molecular flexibility index (Phi) is 3.14. The minimum absolute atomic E-state index is 0.0796. The molecule has 1 aromatic rings. The van der Waals surface area contributed by atoms with Crippen LogP contribution in [-0.4, -0.2) is 4.98 Å². The van der Waals surface area contributed by atoms with E-state index >= 15 is 0 Å². The summed E-state index contributed by atoms with van der Waals surface area (Å²) in [7, 11) is 0. The van der Waals surface area contributed by atoms with Gasteiger partial charge in [-0.25, -0.2) is 8.78 Å². The molecule has 0 bridgehead atoms. The smallest absolute Gasteiger partial charge is 0.267 e. The Hall–Kier alpha value is -2.21. The van der Waals surface area contributed by atoms with Crippen molar-refractivity contribution in [3.05, 3.63) is 23.0 Å². The lowest BCUT2D eigenvalue weighted by molar-refractivity contribution is 0.150. The van der Waals surface area contributed by atoms with Gasteiger partial charge in [-0.1, -0.05) is 0 Å². The lowest BCUT2D eigenvalue weighted by Gasteiger charge is -2.09. The molecule has 0 radical (unpaired) electrons. The zero-order valence-corrected chi connectivity index (χ0v) is 7.54. The number of rotatable bonds is 2. The third kappa shape index (κ3) is 2.00. The molecule has 6 heteroatoms. The first-order valence-corrected chi connectivity index (χ1v) is 3.94. The van der Waals surface area contributed by atoms with Crippen molar-refractivity contribution < 1.29 is 8.78 Å². The topological polar surface area (TPSA) is 86.5 Å². The monoisotopic (exact) mass is 208 g/mol. The van der Waals surface area contributed by atoms with Gasteiger partial charge in [0.15, 0.2) is 0 Å². The molecule has 0 saturated heterocycles. The summed E-state index contributed by atoms with van der Waals surface area (Å²) in [5.41, 5.74) is 4.37. The van der Waals surface area contributed by atoms with Crippen molar-refractivity contribution >= 4 is 5.69 Å². The Bertz CT molecular complexity index is 456. The zero-order chi connectivity index (χ0) is 11.4. The number of nitrogens with two attached hydrogens (primary N) is 1. The van der Waals surface area contributed by atoms with Gasteiger partial charge in [0.2, 0.25) is 0 Å². The number of hydrogen-bond acceptors (Lipinski definition) is 4. The first-order chi connectivity index (χ1) is 7.11. The van der Waals surface area contributed by atoms with Crippen LogP contribution in [0, 0.1) is 22.7 Å². The van der Waals surface area contributed by atoms with Crippen LogP contribution in [0.4, 0.5) is 14.5 Å². The molecule has 0 unspecified atom stereocenters. The highest BCUT2D eigenvalue weighted by Gasteiger charge is 2.20. The van der Waals surface area contributed by atoms with E-state index in [1.54, 1.807) is 12.1 Å². The van der Waals surface area contributed by atoms with Gasteiger partial charge < -0.3 is 5.73 Å². The summed E-state index contributed by atoms with van der Waals surface area (Å²) in [6, 6.07) is 3.37. The molecule has 0 fully saturated rings. The highest BCUT2D eigenvalue weighted by atomic mass is 19.3. The molecule has 1 heterocycles. The van der Waals surface area contributed by atoms with Crippen molar-refractivity contribution in [1.82, 2.24) is 4.98 Å². The van der Waals surface area contributed by atoms with Gasteiger partial charge in [0.05, 0.1) is 35.0 Å². The number of nitrogens with zero attached hydrogens (tertiary/aromatic N) is 3. The van der Waals surface area contributed by atoms with Crippen molar-refractivity contribution in [3.8, 4) is 12.1 Å². The second kappa shape index (κ2) is 4.34. The van der Waals surface area contributed by atoms with Gasteiger partial charge in [-0.3, -0.25) is 4.98 Å². The standard InChI is InChI=1S/C9H6F2N4/c10-9(11)7-6(1-2-12)15-4-5(3-13)8(7)14/h4,9H,1H2,(H2,14,15). The van der Waals surface area contributed by atoms with E-state index in [0.717, 1.165) is 6.20 Å². The van der Waals surface area contributed by atoms with Crippen LogP contribution in [0.25, 0.3) is 0 Å². The molecule has 1 rings (SSSR count). The SMILES string of the molecule is N#CCc1ncc(C#N)c(N)c1C(F)F. The minimum Gasteiger partial charge on any atom is -0.397 e. The van der Waals surface area contributed by atoms with E-state index in [9.17, 15) is 8.78 Å². The van der Waals surface area contributed by atoms with Crippen LogP contribution in [0.2, 0.25) is 0 Å². The normalized spacial score (nSPS) is 9.67. The lowest BCUT2D eigenvalue weighted by atomic mass is 10.1. The van der Waals surface area contributed by atoms with Crippen LogP contribution in [-0.2, 0) is 6.42 Å². The van der Waals surface area contributed by atoms with Crippen LogP contribution in [0.5, 0.6) is 0 Å². The number of halogens is 2. The molecule has 0 saturated carbocycles. The molecule has 76 valence electrons. The molecular weight excluding hydrogens is 202 g/mol. The lowest BCUT2D eigenvalue weighted by Crippen LogP contribution is -2.05. The molecule has 2 N–H and O–H groups in total. The second-order valence-corrected chi connectivity index (χ2v) is 2.69. The number of nitrogen functional groups attached to an aromatic ring is 1. The number of hydrogen-bond donors (Lipinski definition) is 1. The summed E-state index contributed by atoms with van der Waals surface area (Å²) in [5, 5.41) is 17.0. The van der Waals surface area contributed by atoms with Crippen LogP contribution >= 0.6 is 0 Å². The van der Waals surface area contributed by atoms with E-state index < -0.39 is 12.0 Å². The van der Waals surface area contributed by atoms with Gasteiger partial charge in [0.25, 0.3) is 6.43 Å². The number of aromatic nitrogens is 1. The van der Waals surface area contributed by atoms with E-state index in [2.05, 4.69) is 4.98 Å². The summed E-state index contributed by atoms with van der Waals surface area (Å²) < 4.78 is 25.2. The number of anilines is 1. The third-order valence-electron chi connectivity index (χ3n) is 1.83. The van der Waals surface area contributed by atoms with E-state index in [1.807, 2.05) is 0 Å². The first-order valence-electron chi connectivity index (χ1n) is 3.94. The molecular formula is C9H6F2N4. The van der Waals surface area contributed by atoms with Gasteiger partial charge in [-0.2, -0.15) is 10.5 Å². The molecule has 15 heavy (non-hydrogen) atoms. The molecule has 4 nitrogen and oxygen atoms in total. The quantitative estimate of drug-likeness (QED) is 0.798. The van der Waals surface area contributed by atoms with E-state index in [4.69, 9.17) is 16.3 Å². The van der Waals surface area contributed by atoms with Crippen LogP contribution < -0.4 is 5.73 Å². The molecule has 0 aliphatic heterocycles. The van der Waals surface area contributed by atoms with Gasteiger partial charge >= 0.3 is 0 Å². The Morgan fingerprint density at radius 3 is 2.60 bits per heavy atom. The van der Waals surface area contributed by atoms with E-state index in [-0.39, 0.29) is 23.4 Å². The van der Waals surface area contributed by atoms with Crippen molar-refractivity contribution in [2.45, 2.75) is 12.8 Å². The minimum atomic E-state index is -2.84. The molecule has 0 aliphatic rings. The fourth-order valence-corrected chi connectivity index (χ4v) is 1.13. The zero-order valence-electron chi connectivity index (χ0n) is 7.54. The molecule has 0 aliphatic carbocycles. The summed E-state index contributed by atoms with van der Waals surface area (Å²) in [5.74, 6) is 0. The fourth-order valence-electron chi connectivity index (χ4n) is 1.13. The van der Waals surface area contributed by atoms with Gasteiger partial charge in [0.1, 0.15) is 6.07 Å². The molecule has 1 aromatic heterocycles. The van der Waals surface area contributed by atoms with Gasteiger partial charge in [-0.15, -0.1) is 0 Å². The largest absolute Gasteiger partial charge is 0.397 e. The molecule has 0 aromatic carbocycles. The summed E-state index contributed by atoms with van der Waals surface area (Å²) >= 11 is 0. The maximum atomic E-state index is 12.6. The highest BCUT2D eigenvalue weighted by molar-refractivity contribution is 5.60. The van der Waals surface area contributed by atoms with Crippen molar-refractivity contribution in [2.24, 2.45) is 0 Å². The van der Waals surface area contributed by atoms with Crippen LogP contribution in [0.1, 0.15) is 23.2 Å². The Morgan fingerprint density at radius 2 is 2.13 bits per heavy atom. The Morgan fingerprint density at radius 1 is 1.47 bits per heavy atom. The Balaban J connectivity index is 3.40. The van der Waals surface area contributed by atoms with Crippen molar-refractivity contribution in [1.29, 1.82) is 10.5 Å². The van der Waals surface area contributed by atoms with E-state index in [0.29, 0.717) is 0 Å². The van der Waals surface area contributed by atoms with Crippen LogP contribution in [0.3, 0.4) is 0 Å². The maximum absolute atomic E-state index is 12.6. The number of nitriles is 2. The predicted octanol–water partition coefficient (Wildman–Crippen LogP) is 1.54. The summed E-state index contributed by atoms with van der Waals surface area (Å²) in [6.07, 6.45) is -2.00. The second-order valence-electron chi connectivity index (χ2n) is 2.69. The molecule has 0 amide bonds. The number of pyridine rings is 1. The van der Waals surface area contributed by atoms with Gasteiger partial charge in [-0.05, 0) is 0 Å². The average Bonchev–Trinajstić information content (AvgIpc) is 2.18. The summed E-state index contributed by atoms with van der Waals surface area (Å²) in [4.78, 5) is 3.62. The Labute approximate surface area is 84.6 Å². The predicted molar refractivity (Wildman–Crippen MR) is 47.6 cm³/mol. The molecule has 0 atom stereocenters. The average molecular weight is 208 g/mol. The number of alkyl halides is 2.